The molecule has 2 saturated heterocycles. The lowest BCUT2D eigenvalue weighted by molar-refractivity contribution is -0.131. The molecule has 5 aliphatic rings. The fraction of sp³-hybridized carbons (Fsp3) is 0.588. The average molecular weight is 590 g/mol. The van der Waals surface area contributed by atoms with Gasteiger partial charge in [0.2, 0.25) is 5.75 Å². The highest BCUT2D eigenvalue weighted by Crippen LogP contribution is 2.47. The number of halogens is 1. The fourth-order valence-corrected chi connectivity index (χ4v) is 7.93. The lowest BCUT2D eigenvalue weighted by Gasteiger charge is -2.49. The van der Waals surface area contributed by atoms with Crippen LogP contribution in [0.5, 0.6) is 11.6 Å². The molecule has 43 heavy (non-hydrogen) atoms. The van der Waals surface area contributed by atoms with Crippen LogP contribution in [0.3, 0.4) is 0 Å². The number of ether oxygens (including phenoxy) is 2. The second-order valence-corrected chi connectivity index (χ2v) is 13.1. The van der Waals surface area contributed by atoms with Crippen molar-refractivity contribution in [3.8, 4) is 11.6 Å². The van der Waals surface area contributed by atoms with E-state index in [4.69, 9.17) is 14.5 Å². The van der Waals surface area contributed by atoms with Crippen LogP contribution in [0.25, 0.3) is 0 Å². The third-order valence-electron chi connectivity index (χ3n) is 10.3. The van der Waals surface area contributed by atoms with Gasteiger partial charge in [-0.25, -0.2) is 9.37 Å². The number of aromatic nitrogens is 1. The van der Waals surface area contributed by atoms with Gasteiger partial charge in [-0.05, 0) is 82.7 Å². The molecule has 230 valence electrons. The SMILES string of the molecule is C=C(F)C(=O)N1C[C@@H]2COc3c(OC[C@@H]4CCCN4C)nc4c(c3N2C[C@H]1C)CCN(c1cccc2c1CCCCC2)C4. The van der Waals surface area contributed by atoms with Gasteiger partial charge < -0.3 is 29.1 Å². The number of piperazine rings is 1. The Morgan fingerprint density at radius 3 is 2.79 bits per heavy atom. The Labute approximate surface area is 254 Å². The van der Waals surface area contributed by atoms with E-state index in [1.807, 2.05) is 6.92 Å². The van der Waals surface area contributed by atoms with E-state index in [1.54, 1.807) is 4.90 Å². The molecule has 7 rings (SSSR count). The Morgan fingerprint density at radius 2 is 1.98 bits per heavy atom. The summed E-state index contributed by atoms with van der Waals surface area (Å²) in [5.74, 6) is -0.244. The maximum atomic E-state index is 13.9. The Kier molecular flexibility index (Phi) is 7.70. The van der Waals surface area contributed by atoms with Gasteiger partial charge in [0.25, 0.3) is 11.8 Å². The van der Waals surface area contributed by atoms with Gasteiger partial charge >= 0.3 is 0 Å². The van der Waals surface area contributed by atoms with Crippen LogP contribution in [-0.2, 0) is 30.6 Å². The second-order valence-electron chi connectivity index (χ2n) is 13.1. The Morgan fingerprint density at radius 1 is 1.12 bits per heavy atom. The number of benzene rings is 1. The minimum absolute atomic E-state index is 0.0739. The number of amides is 1. The second kappa shape index (κ2) is 11.6. The minimum atomic E-state index is -0.912. The Hall–Kier alpha value is -3.33. The predicted octanol–water partition coefficient (Wildman–Crippen LogP) is 4.67. The summed E-state index contributed by atoms with van der Waals surface area (Å²) in [6, 6.07) is 6.94. The number of carbonyl (C=O) groups excluding carboxylic acids is 1. The van der Waals surface area contributed by atoms with E-state index in [-0.39, 0.29) is 12.1 Å². The van der Waals surface area contributed by atoms with Crippen molar-refractivity contribution >= 4 is 17.3 Å². The molecule has 0 radical (unpaired) electrons. The van der Waals surface area contributed by atoms with Gasteiger partial charge in [0.05, 0.1) is 24.0 Å². The van der Waals surface area contributed by atoms with Crippen molar-refractivity contribution in [1.82, 2.24) is 14.8 Å². The number of hydrogen-bond acceptors (Lipinski definition) is 7. The van der Waals surface area contributed by atoms with Crippen LogP contribution in [0.15, 0.2) is 30.6 Å². The number of rotatable bonds is 5. The summed E-state index contributed by atoms with van der Waals surface area (Å²) in [4.78, 5) is 26.6. The number of likely N-dealkylation sites (tertiary alicyclic amines) is 1. The third-order valence-corrected chi connectivity index (χ3v) is 10.3. The maximum Gasteiger partial charge on any atom is 0.282 e. The average Bonchev–Trinajstić information content (AvgIpc) is 3.26. The topological polar surface area (TPSA) is 61.4 Å². The van der Waals surface area contributed by atoms with Crippen LogP contribution in [0.2, 0.25) is 0 Å². The molecule has 5 heterocycles. The molecule has 1 aromatic heterocycles. The molecule has 3 atom stereocenters. The van der Waals surface area contributed by atoms with Crippen molar-refractivity contribution < 1.29 is 18.7 Å². The number of hydrogen-bond donors (Lipinski definition) is 0. The zero-order chi connectivity index (χ0) is 29.7. The highest BCUT2D eigenvalue weighted by molar-refractivity contribution is 5.91. The van der Waals surface area contributed by atoms with Crippen LogP contribution in [-0.4, -0.2) is 85.3 Å². The van der Waals surface area contributed by atoms with E-state index in [1.165, 1.54) is 48.1 Å². The Balaban J connectivity index is 1.24. The van der Waals surface area contributed by atoms with Crippen LogP contribution in [0.4, 0.5) is 15.8 Å². The first-order valence-electron chi connectivity index (χ1n) is 16.2. The predicted molar refractivity (Wildman–Crippen MR) is 166 cm³/mol. The van der Waals surface area contributed by atoms with E-state index in [0.717, 1.165) is 62.4 Å². The van der Waals surface area contributed by atoms with Gasteiger partial charge in [-0.3, -0.25) is 4.79 Å². The third kappa shape index (κ3) is 5.23. The zero-order valence-corrected chi connectivity index (χ0v) is 25.6. The zero-order valence-electron chi connectivity index (χ0n) is 25.6. The van der Waals surface area contributed by atoms with Gasteiger partial charge in [-0.15, -0.1) is 0 Å². The molecule has 0 spiro atoms. The highest BCUT2D eigenvalue weighted by Gasteiger charge is 2.42. The normalized spacial score (nSPS) is 25.2. The van der Waals surface area contributed by atoms with Crippen molar-refractivity contribution in [2.75, 3.05) is 56.2 Å². The first-order chi connectivity index (χ1) is 20.9. The fourth-order valence-electron chi connectivity index (χ4n) is 7.93. The van der Waals surface area contributed by atoms with Crippen molar-refractivity contribution in [2.45, 2.75) is 83.0 Å². The lowest BCUT2D eigenvalue weighted by Crippen LogP contribution is -2.62. The quantitative estimate of drug-likeness (QED) is 0.371. The molecule has 2 fully saturated rings. The molecule has 0 unspecified atom stereocenters. The van der Waals surface area contributed by atoms with E-state index in [9.17, 15) is 9.18 Å². The molecule has 8 nitrogen and oxygen atoms in total. The number of carbonyl (C=O) groups is 1. The summed E-state index contributed by atoms with van der Waals surface area (Å²) in [5, 5.41) is 0. The summed E-state index contributed by atoms with van der Waals surface area (Å²) < 4.78 is 26.8. The molecule has 2 aromatic rings. The van der Waals surface area contributed by atoms with Crippen LogP contribution < -0.4 is 19.3 Å². The first kappa shape index (κ1) is 28.4. The van der Waals surface area contributed by atoms with Crippen molar-refractivity contribution in [1.29, 1.82) is 0 Å². The summed E-state index contributed by atoms with van der Waals surface area (Å²) in [5.41, 5.74) is 7.66. The molecule has 1 amide bonds. The molecular weight excluding hydrogens is 545 g/mol. The van der Waals surface area contributed by atoms with Crippen LogP contribution in [0.1, 0.15) is 61.4 Å². The molecule has 0 N–H and O–H groups in total. The molecule has 4 aliphatic heterocycles. The van der Waals surface area contributed by atoms with Crippen molar-refractivity contribution in [3.63, 3.8) is 0 Å². The van der Waals surface area contributed by atoms with Gasteiger partial charge in [0.15, 0.2) is 5.83 Å². The smallest absolute Gasteiger partial charge is 0.282 e. The van der Waals surface area contributed by atoms with Gasteiger partial charge in [0, 0.05) is 43.0 Å². The molecule has 1 aromatic carbocycles. The standard InChI is InChI=1S/C34H44FN5O3/c1-22-17-40-26(18-39(22)34(41)23(2)35)21-42-32-31(40)28-14-16-38(30-13-7-10-24-9-5-4-6-12-27(24)30)19-29(28)36-33(32)43-20-25-11-8-15-37(25)3/h7,10,13,22,25-26H,2,4-6,8-9,11-12,14-21H2,1,3H3/t22-,25+,26-/m1/s1. The first-order valence-corrected chi connectivity index (χ1v) is 16.2. The maximum absolute atomic E-state index is 13.9. The van der Waals surface area contributed by atoms with Crippen LogP contribution >= 0.6 is 0 Å². The van der Waals surface area contributed by atoms with Crippen molar-refractivity contribution in [3.05, 3.63) is 53.0 Å². The number of fused-ring (bicyclic) bond motifs is 6. The molecule has 1 aliphatic carbocycles. The van der Waals surface area contributed by atoms with Gasteiger partial charge in [-0.1, -0.05) is 25.1 Å². The monoisotopic (exact) mass is 589 g/mol. The molecule has 9 heteroatoms. The van der Waals surface area contributed by atoms with E-state index >= 15 is 0 Å². The van der Waals surface area contributed by atoms with E-state index < -0.39 is 11.7 Å². The van der Waals surface area contributed by atoms with Gasteiger partial charge in [-0.2, -0.15) is 0 Å². The Bertz CT molecular complexity index is 1410. The molecular formula is C34H44FN5O3. The van der Waals surface area contributed by atoms with Crippen molar-refractivity contribution in [2.24, 2.45) is 0 Å². The summed E-state index contributed by atoms with van der Waals surface area (Å²) >= 11 is 0. The largest absolute Gasteiger partial charge is 0.484 e. The summed E-state index contributed by atoms with van der Waals surface area (Å²) in [6.45, 7) is 9.92. The molecule has 0 bridgehead atoms. The van der Waals surface area contributed by atoms with Crippen LogP contribution in [0, 0.1) is 0 Å². The molecule has 0 saturated carbocycles. The van der Waals surface area contributed by atoms with E-state index in [0.29, 0.717) is 38.2 Å². The number of pyridine rings is 1. The summed E-state index contributed by atoms with van der Waals surface area (Å²) in [7, 11) is 2.16. The highest BCUT2D eigenvalue weighted by atomic mass is 19.1. The number of aryl methyl sites for hydroxylation is 1. The number of anilines is 2. The number of nitrogens with zero attached hydrogens (tertiary/aromatic N) is 5. The van der Waals surface area contributed by atoms with E-state index in [2.05, 4.69) is 46.5 Å². The lowest BCUT2D eigenvalue weighted by atomic mass is 9.95. The summed E-state index contributed by atoms with van der Waals surface area (Å²) in [6.07, 6.45) is 9.25. The number of likely N-dealkylation sites (N-methyl/N-ethyl adjacent to an activating group) is 1. The van der Waals surface area contributed by atoms with Gasteiger partial charge in [0.1, 0.15) is 13.2 Å². The minimum Gasteiger partial charge on any atom is -0.484 e.